The Balaban J connectivity index is 5.25. The fraction of sp³-hybridized carbons (Fsp3) is 0.947. The molecule has 0 aliphatic rings. The van der Waals surface area contributed by atoms with Crippen LogP contribution in [0.25, 0.3) is 0 Å². The van der Waals surface area contributed by atoms with Crippen LogP contribution in [0.5, 0.6) is 0 Å². The fourth-order valence-electron chi connectivity index (χ4n) is 11.7. The van der Waals surface area contributed by atoms with Gasteiger partial charge >= 0.3 is 39.5 Å². The first-order valence-electron chi connectivity index (χ1n) is 39.6. The van der Waals surface area contributed by atoms with Gasteiger partial charge in [-0.2, -0.15) is 0 Å². The zero-order valence-electron chi connectivity index (χ0n) is 61.8. The zero-order chi connectivity index (χ0) is 69.8. The quantitative estimate of drug-likeness (QED) is 0.0222. The second-order valence-electron chi connectivity index (χ2n) is 27.9. The van der Waals surface area contributed by atoms with E-state index in [-0.39, 0.29) is 25.7 Å². The number of aliphatic hydroxyl groups excluding tert-OH is 1. The molecule has 0 radical (unpaired) electrons. The Hall–Kier alpha value is -1.94. The molecular weight excluding hydrogens is 1250 g/mol. The molecule has 3 N–H and O–H groups in total. The summed E-state index contributed by atoms with van der Waals surface area (Å²) in [5.41, 5.74) is 0. The third-order valence-electron chi connectivity index (χ3n) is 17.8. The largest absolute Gasteiger partial charge is 0.472 e. The Morgan fingerprint density at radius 3 is 0.716 bits per heavy atom. The number of carbonyl (C=O) groups excluding carboxylic acids is 4. The maximum Gasteiger partial charge on any atom is 0.472 e. The van der Waals surface area contributed by atoms with E-state index in [0.29, 0.717) is 25.7 Å². The highest BCUT2D eigenvalue weighted by Gasteiger charge is 2.30. The first-order chi connectivity index (χ1) is 46.0. The van der Waals surface area contributed by atoms with Gasteiger partial charge in [0.05, 0.1) is 26.4 Å². The first-order valence-corrected chi connectivity index (χ1v) is 42.6. The topological polar surface area (TPSA) is 237 Å². The van der Waals surface area contributed by atoms with E-state index in [4.69, 9.17) is 37.0 Å². The number of aliphatic hydroxyl groups is 1. The van der Waals surface area contributed by atoms with Crippen molar-refractivity contribution in [1.29, 1.82) is 0 Å². The maximum atomic E-state index is 13.1. The summed E-state index contributed by atoms with van der Waals surface area (Å²) in [6.07, 6.45) is 58.1. The highest BCUT2D eigenvalue weighted by atomic mass is 31.2. The van der Waals surface area contributed by atoms with Gasteiger partial charge in [0.25, 0.3) is 0 Å². The van der Waals surface area contributed by atoms with Gasteiger partial charge in [-0.05, 0) is 31.6 Å². The zero-order valence-corrected chi connectivity index (χ0v) is 63.6. The van der Waals surface area contributed by atoms with Crippen LogP contribution in [0.2, 0.25) is 0 Å². The standard InChI is InChI=1S/C76H148O17P2/c1-6-9-12-15-18-21-24-27-29-30-31-34-37-40-47-52-57-62-76(81)92-71(65-86-73(78)59-54-49-44-38-35-33-28-25-22-19-16-13-10-7-2)67-90-94(82,83)88-63-70(77)64-89-95(84,85)91-68-72(66-87-74(79)60-55-50-45-42-41-43-48-53-58-69(4)5)93-75(80)61-56-51-46-39-36-32-26-23-20-17-14-11-8-3/h69-72,77H,6-68H2,1-5H3,(H,82,83)(H,84,85)/t70-,71-,72-/m1/s1. The molecule has 0 amide bonds. The van der Waals surface area contributed by atoms with Gasteiger partial charge in [-0.25, -0.2) is 9.13 Å². The number of phosphoric acid groups is 2. The molecule has 0 aliphatic carbocycles. The van der Waals surface area contributed by atoms with E-state index >= 15 is 0 Å². The number of ether oxygens (including phenoxy) is 4. The number of rotatable bonds is 76. The molecule has 0 bridgehead atoms. The number of carbonyl (C=O) groups is 4. The molecule has 5 atom stereocenters. The summed E-state index contributed by atoms with van der Waals surface area (Å²) in [4.78, 5) is 72.8. The van der Waals surface area contributed by atoms with Crippen molar-refractivity contribution in [1.82, 2.24) is 0 Å². The highest BCUT2D eigenvalue weighted by molar-refractivity contribution is 7.47. The molecule has 0 aromatic heterocycles. The van der Waals surface area contributed by atoms with Gasteiger partial charge in [-0.1, -0.05) is 349 Å². The molecule has 0 heterocycles. The van der Waals surface area contributed by atoms with Crippen LogP contribution in [0.3, 0.4) is 0 Å². The Morgan fingerprint density at radius 1 is 0.284 bits per heavy atom. The lowest BCUT2D eigenvalue weighted by Crippen LogP contribution is -2.30. The number of esters is 4. The SMILES string of the molecule is CCCCCCCCCCCCCCCCCCCC(=O)O[C@H](COC(=O)CCCCCCCCCCCCCCCC)COP(=O)(O)OC[C@@H](O)COP(=O)(O)OC[C@@H](COC(=O)CCCCCCCCCCC(C)C)OC(=O)CCCCCCCCCCCCCCC. The predicted molar refractivity (Wildman–Crippen MR) is 386 cm³/mol. The summed E-state index contributed by atoms with van der Waals surface area (Å²) in [7, 11) is -9.91. The molecule has 564 valence electrons. The minimum absolute atomic E-state index is 0.107. The molecule has 0 fully saturated rings. The minimum Gasteiger partial charge on any atom is -0.462 e. The number of phosphoric ester groups is 2. The molecule has 0 rings (SSSR count). The average molecular weight is 1400 g/mol. The van der Waals surface area contributed by atoms with Crippen molar-refractivity contribution in [2.75, 3.05) is 39.6 Å². The number of hydrogen-bond acceptors (Lipinski definition) is 15. The van der Waals surface area contributed by atoms with Crippen molar-refractivity contribution >= 4 is 39.5 Å². The smallest absolute Gasteiger partial charge is 0.462 e. The lowest BCUT2D eigenvalue weighted by atomic mass is 10.0. The molecule has 19 heteroatoms. The number of hydrogen-bond donors (Lipinski definition) is 3. The van der Waals surface area contributed by atoms with Crippen LogP contribution in [0.4, 0.5) is 0 Å². The summed E-state index contributed by atoms with van der Waals surface area (Å²) >= 11 is 0. The summed E-state index contributed by atoms with van der Waals surface area (Å²) in [6, 6.07) is 0. The van der Waals surface area contributed by atoms with E-state index in [0.717, 1.165) is 95.8 Å². The molecule has 2 unspecified atom stereocenters. The third kappa shape index (κ3) is 70.3. The predicted octanol–water partition coefficient (Wildman–Crippen LogP) is 22.5. The van der Waals surface area contributed by atoms with Gasteiger partial charge < -0.3 is 33.8 Å². The Labute approximate surface area is 581 Å². The van der Waals surface area contributed by atoms with E-state index in [2.05, 4.69) is 34.6 Å². The van der Waals surface area contributed by atoms with Crippen molar-refractivity contribution < 1.29 is 80.2 Å². The normalized spacial score (nSPS) is 13.9. The van der Waals surface area contributed by atoms with Crippen LogP contribution < -0.4 is 0 Å². The fourth-order valence-corrected chi connectivity index (χ4v) is 13.3. The number of unbranched alkanes of at least 4 members (excludes halogenated alkanes) is 48. The Morgan fingerprint density at radius 2 is 0.484 bits per heavy atom. The Bertz CT molecular complexity index is 1820. The molecule has 17 nitrogen and oxygen atoms in total. The van der Waals surface area contributed by atoms with Crippen LogP contribution in [-0.2, 0) is 65.4 Å². The van der Waals surface area contributed by atoms with Crippen molar-refractivity contribution in [2.45, 2.75) is 419 Å². The van der Waals surface area contributed by atoms with Crippen LogP contribution in [0, 0.1) is 5.92 Å². The lowest BCUT2D eigenvalue weighted by Gasteiger charge is -2.21. The summed E-state index contributed by atoms with van der Waals surface area (Å²) in [6.45, 7) is 7.27. The van der Waals surface area contributed by atoms with Gasteiger partial charge in [0.2, 0.25) is 0 Å². The van der Waals surface area contributed by atoms with E-state index in [9.17, 15) is 43.2 Å². The van der Waals surface area contributed by atoms with Crippen LogP contribution in [-0.4, -0.2) is 96.7 Å². The average Bonchev–Trinajstić information content (AvgIpc) is 1.39. The van der Waals surface area contributed by atoms with Crippen molar-refractivity contribution in [2.24, 2.45) is 5.92 Å². The van der Waals surface area contributed by atoms with E-state index in [1.807, 2.05) is 0 Å². The molecule has 0 aromatic carbocycles. The van der Waals surface area contributed by atoms with Crippen molar-refractivity contribution in [3.8, 4) is 0 Å². The molecule has 0 aromatic rings. The molecule has 0 aliphatic heterocycles. The second-order valence-corrected chi connectivity index (χ2v) is 30.8. The van der Waals surface area contributed by atoms with E-state index < -0.39 is 97.5 Å². The van der Waals surface area contributed by atoms with Crippen LogP contribution in [0.1, 0.15) is 401 Å². The van der Waals surface area contributed by atoms with Crippen LogP contribution in [0.15, 0.2) is 0 Å². The van der Waals surface area contributed by atoms with Gasteiger partial charge in [0, 0.05) is 25.7 Å². The summed E-state index contributed by atoms with van der Waals surface area (Å²) < 4.78 is 68.6. The van der Waals surface area contributed by atoms with Gasteiger partial charge in [0.15, 0.2) is 12.2 Å². The van der Waals surface area contributed by atoms with Gasteiger partial charge in [-0.15, -0.1) is 0 Å². The first kappa shape index (κ1) is 93.1. The minimum atomic E-state index is -4.96. The van der Waals surface area contributed by atoms with E-state index in [1.165, 1.54) is 225 Å². The lowest BCUT2D eigenvalue weighted by molar-refractivity contribution is -0.161. The summed E-state index contributed by atoms with van der Waals surface area (Å²) in [5, 5.41) is 10.6. The second kappa shape index (κ2) is 69.2. The van der Waals surface area contributed by atoms with Crippen molar-refractivity contribution in [3.63, 3.8) is 0 Å². The van der Waals surface area contributed by atoms with E-state index in [1.54, 1.807) is 0 Å². The molecule has 0 spiro atoms. The molecular formula is C76H148O17P2. The van der Waals surface area contributed by atoms with Crippen molar-refractivity contribution in [3.05, 3.63) is 0 Å². The van der Waals surface area contributed by atoms with Gasteiger partial charge in [-0.3, -0.25) is 37.3 Å². The third-order valence-corrected chi connectivity index (χ3v) is 19.7. The van der Waals surface area contributed by atoms with Gasteiger partial charge in [0.1, 0.15) is 19.3 Å². The van der Waals surface area contributed by atoms with Crippen LogP contribution >= 0.6 is 15.6 Å². The monoisotopic (exact) mass is 1400 g/mol. The molecule has 0 saturated heterocycles. The maximum absolute atomic E-state index is 13.1. The molecule has 0 saturated carbocycles. The Kier molecular flexibility index (Phi) is 67.7. The molecule has 95 heavy (non-hydrogen) atoms. The summed E-state index contributed by atoms with van der Waals surface area (Å²) in [5.74, 6) is -1.38. The highest BCUT2D eigenvalue weighted by Crippen LogP contribution is 2.45.